The minimum atomic E-state index is -0.00670. The number of hydrogen-bond donors (Lipinski definition) is 2. The summed E-state index contributed by atoms with van der Waals surface area (Å²) in [6, 6.07) is 0. The molecule has 0 spiro atoms. The summed E-state index contributed by atoms with van der Waals surface area (Å²) in [5, 5.41) is 7.68. The average Bonchev–Trinajstić information content (AvgIpc) is 2.82. The molecule has 1 heterocycles. The number of hydrogen-bond acceptors (Lipinski definition) is 4. The van der Waals surface area contributed by atoms with Crippen molar-refractivity contribution in [3.8, 4) is 0 Å². The third-order valence-electron chi connectivity index (χ3n) is 3.40. The van der Waals surface area contributed by atoms with Gasteiger partial charge in [0.25, 0.3) is 0 Å². The number of carbonyl (C=O) groups excluding carboxylic acids is 1. The van der Waals surface area contributed by atoms with Gasteiger partial charge in [-0.1, -0.05) is 13.3 Å². The highest BCUT2D eigenvalue weighted by Gasteiger charge is 2.06. The molecule has 0 atom stereocenters. The van der Waals surface area contributed by atoms with Gasteiger partial charge in [0, 0.05) is 38.5 Å². The highest BCUT2D eigenvalue weighted by atomic mass is 127. The number of halogens is 1. The van der Waals surface area contributed by atoms with Gasteiger partial charge in [-0.05, 0) is 20.3 Å². The zero-order valence-corrected chi connectivity index (χ0v) is 18.5. The number of aryl methyl sites for hydroxylation is 2. The first kappa shape index (κ1) is 23.1. The Bertz CT molecular complexity index is 511. The summed E-state index contributed by atoms with van der Waals surface area (Å²) >= 11 is 1.74. The van der Waals surface area contributed by atoms with Crippen LogP contribution in [0, 0.1) is 13.8 Å². The smallest absolute Gasteiger partial charge is 0.243 e. The topological polar surface area (TPSA) is 69.6 Å². The van der Waals surface area contributed by atoms with Crippen LogP contribution in [0.2, 0.25) is 0 Å². The third kappa shape index (κ3) is 8.81. The van der Waals surface area contributed by atoms with Crippen molar-refractivity contribution in [1.29, 1.82) is 0 Å². The molecule has 8 heteroatoms. The number of nitrogens with zero attached hydrogens (tertiary/aromatic N) is 3. The molecule has 1 amide bonds. The molecule has 0 radical (unpaired) electrons. The highest BCUT2D eigenvalue weighted by molar-refractivity contribution is 14.0. The molecular weight excluding hydrogens is 437 g/mol. The van der Waals surface area contributed by atoms with Crippen LogP contribution in [0.4, 0.5) is 0 Å². The summed E-state index contributed by atoms with van der Waals surface area (Å²) in [5.41, 5.74) is 1.11. The van der Waals surface area contributed by atoms with Crippen LogP contribution in [0.3, 0.4) is 0 Å². The first-order chi connectivity index (χ1) is 10.9. The van der Waals surface area contributed by atoms with Crippen LogP contribution in [-0.4, -0.2) is 55.5 Å². The zero-order valence-electron chi connectivity index (χ0n) is 15.3. The van der Waals surface area contributed by atoms with Gasteiger partial charge < -0.3 is 15.5 Å². The van der Waals surface area contributed by atoms with Gasteiger partial charge in [-0.3, -0.25) is 4.79 Å². The Kier molecular flexibility index (Phi) is 12.0. The second-order valence-corrected chi connectivity index (χ2v) is 6.95. The fraction of sp³-hybridized carbons (Fsp3) is 0.688. The number of rotatable bonds is 8. The molecule has 0 unspecified atom stereocenters. The number of unbranched alkanes of at least 4 members (excludes halogenated alkanes) is 1. The van der Waals surface area contributed by atoms with Gasteiger partial charge >= 0.3 is 0 Å². The van der Waals surface area contributed by atoms with Crippen LogP contribution >= 0.6 is 35.3 Å². The van der Waals surface area contributed by atoms with Crippen LogP contribution in [0.25, 0.3) is 0 Å². The molecule has 0 fully saturated rings. The molecule has 2 N–H and O–H groups in total. The Labute approximate surface area is 166 Å². The lowest BCUT2D eigenvalue weighted by atomic mass is 10.3. The summed E-state index contributed by atoms with van der Waals surface area (Å²) in [6.45, 7) is 8.04. The summed E-state index contributed by atoms with van der Waals surface area (Å²) in [5.74, 6) is 0.686. The summed E-state index contributed by atoms with van der Waals surface area (Å²) < 4.78 is 0. The Hall–Kier alpha value is -0.900. The Morgan fingerprint density at radius 3 is 2.46 bits per heavy atom. The minimum Gasteiger partial charge on any atom is -0.356 e. The van der Waals surface area contributed by atoms with Gasteiger partial charge in [-0.25, -0.2) is 9.98 Å². The van der Waals surface area contributed by atoms with Gasteiger partial charge in [0.05, 0.1) is 10.7 Å². The number of nitrogens with one attached hydrogen (secondary N) is 2. The number of guanidine groups is 1. The van der Waals surface area contributed by atoms with Crippen molar-refractivity contribution >= 4 is 47.2 Å². The zero-order chi connectivity index (χ0) is 17.2. The van der Waals surface area contributed by atoms with Gasteiger partial charge in [-0.2, -0.15) is 0 Å². The number of thiazole rings is 1. The highest BCUT2D eigenvalue weighted by Crippen LogP contribution is 2.16. The van der Waals surface area contributed by atoms with Gasteiger partial charge in [-0.15, -0.1) is 35.3 Å². The first-order valence-corrected chi connectivity index (χ1v) is 8.91. The predicted molar refractivity (Wildman–Crippen MR) is 113 cm³/mol. The number of likely N-dealkylation sites (N-methyl/N-ethyl adjacent to an activating group) is 1. The van der Waals surface area contributed by atoms with Crippen LogP contribution in [0.5, 0.6) is 0 Å². The van der Waals surface area contributed by atoms with Gasteiger partial charge in [0.2, 0.25) is 5.91 Å². The predicted octanol–water partition coefficient (Wildman–Crippen LogP) is 2.34. The van der Waals surface area contributed by atoms with E-state index in [4.69, 9.17) is 0 Å². The molecule has 0 aliphatic rings. The average molecular weight is 467 g/mol. The van der Waals surface area contributed by atoms with Crippen molar-refractivity contribution in [3.63, 3.8) is 0 Å². The van der Waals surface area contributed by atoms with Crippen molar-refractivity contribution in [2.24, 2.45) is 4.99 Å². The van der Waals surface area contributed by atoms with Crippen molar-refractivity contribution < 1.29 is 4.79 Å². The van der Waals surface area contributed by atoms with Crippen LogP contribution in [0.15, 0.2) is 4.99 Å². The molecule has 0 aliphatic carbocycles. The molecule has 0 aromatic carbocycles. The van der Waals surface area contributed by atoms with Gasteiger partial charge in [0.1, 0.15) is 6.54 Å². The van der Waals surface area contributed by atoms with Crippen LogP contribution in [-0.2, 0) is 11.2 Å². The van der Waals surface area contributed by atoms with Gasteiger partial charge in [0.15, 0.2) is 5.96 Å². The molecule has 1 aromatic rings. The van der Waals surface area contributed by atoms with Crippen molar-refractivity contribution in [2.45, 2.75) is 40.0 Å². The van der Waals surface area contributed by atoms with Crippen molar-refractivity contribution in [1.82, 2.24) is 20.5 Å². The van der Waals surface area contributed by atoms with E-state index in [-0.39, 0.29) is 36.4 Å². The van der Waals surface area contributed by atoms with Crippen LogP contribution < -0.4 is 10.6 Å². The van der Waals surface area contributed by atoms with E-state index in [0.29, 0.717) is 5.96 Å². The normalized spacial score (nSPS) is 11.0. The molecule has 0 saturated carbocycles. The molecule has 0 aliphatic heterocycles. The SMILES string of the molecule is CCCCNC(=NCC(=O)N(C)C)NCCc1nc(C)c(C)s1.I. The number of amides is 1. The summed E-state index contributed by atoms with van der Waals surface area (Å²) in [7, 11) is 3.48. The second-order valence-electron chi connectivity index (χ2n) is 5.66. The van der Waals surface area contributed by atoms with Crippen molar-refractivity contribution in [3.05, 3.63) is 15.6 Å². The van der Waals surface area contributed by atoms with E-state index >= 15 is 0 Å². The largest absolute Gasteiger partial charge is 0.356 e. The maximum absolute atomic E-state index is 11.7. The first-order valence-electron chi connectivity index (χ1n) is 8.09. The fourth-order valence-corrected chi connectivity index (χ4v) is 2.71. The molecule has 6 nitrogen and oxygen atoms in total. The number of aliphatic imine (C=N–C) groups is 1. The van der Waals surface area contributed by atoms with E-state index in [2.05, 4.69) is 34.5 Å². The minimum absolute atomic E-state index is 0. The molecule has 138 valence electrons. The van der Waals surface area contributed by atoms with E-state index in [1.807, 2.05) is 6.92 Å². The maximum atomic E-state index is 11.7. The number of carbonyl (C=O) groups is 1. The monoisotopic (exact) mass is 467 g/mol. The standard InChI is InChI=1S/C16H29N5OS.HI/c1-6-7-9-17-16(19-11-15(22)21(4)5)18-10-8-14-20-12(2)13(3)23-14;/h6-11H2,1-5H3,(H2,17,18,19);1H. The molecule has 0 bridgehead atoms. The lowest BCUT2D eigenvalue weighted by Gasteiger charge is -2.13. The fourth-order valence-electron chi connectivity index (χ4n) is 1.78. The number of aromatic nitrogens is 1. The van der Waals surface area contributed by atoms with E-state index in [1.54, 1.807) is 30.3 Å². The Morgan fingerprint density at radius 2 is 1.92 bits per heavy atom. The second kappa shape index (κ2) is 12.5. The van der Waals surface area contributed by atoms with Crippen molar-refractivity contribution in [2.75, 3.05) is 33.7 Å². The maximum Gasteiger partial charge on any atom is 0.243 e. The van der Waals surface area contributed by atoms with E-state index in [9.17, 15) is 4.79 Å². The molecule has 1 aromatic heterocycles. The quantitative estimate of drug-likeness (QED) is 0.267. The lowest BCUT2D eigenvalue weighted by molar-refractivity contribution is -0.127. The van der Waals surface area contributed by atoms with E-state index in [1.165, 1.54) is 4.88 Å². The Morgan fingerprint density at radius 1 is 1.25 bits per heavy atom. The Balaban J connectivity index is 0.00000529. The molecule has 24 heavy (non-hydrogen) atoms. The molecule has 1 rings (SSSR count). The summed E-state index contributed by atoms with van der Waals surface area (Å²) in [4.78, 5) is 23.4. The third-order valence-corrected chi connectivity index (χ3v) is 4.53. The molecular formula is C16H30IN5OS. The van der Waals surface area contributed by atoms with E-state index in [0.717, 1.165) is 43.1 Å². The van der Waals surface area contributed by atoms with Crippen LogP contribution in [0.1, 0.15) is 35.3 Å². The lowest BCUT2D eigenvalue weighted by Crippen LogP contribution is -2.40. The van der Waals surface area contributed by atoms with E-state index < -0.39 is 0 Å². The summed E-state index contributed by atoms with van der Waals surface area (Å²) in [6.07, 6.45) is 3.05. The molecule has 0 saturated heterocycles.